The molecule has 0 aliphatic heterocycles. The first-order chi connectivity index (χ1) is 32.6. The van der Waals surface area contributed by atoms with Crippen LogP contribution in [0.25, 0.3) is 33.9 Å². The Morgan fingerprint density at radius 1 is 0.544 bits per heavy atom. The predicted octanol–water partition coefficient (Wildman–Crippen LogP) is 14.3. The molecule has 2 heterocycles. The molecule has 68 heavy (non-hydrogen) atoms. The van der Waals surface area contributed by atoms with Gasteiger partial charge in [-0.15, -0.1) is 0 Å². The lowest BCUT2D eigenvalue weighted by atomic mass is 10.1. The van der Waals surface area contributed by atoms with Gasteiger partial charge in [0, 0.05) is 42.8 Å². The van der Waals surface area contributed by atoms with Crippen LogP contribution in [-0.2, 0) is 18.0 Å². The molecule has 0 spiro atoms. The molecule has 16 heteroatoms. The fourth-order valence-corrected chi connectivity index (χ4v) is 8.03. The molecule has 0 atom stereocenters. The second-order valence-electron chi connectivity index (χ2n) is 15.0. The summed E-state index contributed by atoms with van der Waals surface area (Å²) in [6.45, 7) is 4.78. The second kappa shape index (κ2) is 21.3. The predicted molar refractivity (Wildman–Crippen MR) is 251 cm³/mol. The third-order valence-corrected chi connectivity index (χ3v) is 11.6. The second-order valence-corrected chi connectivity index (χ2v) is 16.9. The number of benzene rings is 6. The van der Waals surface area contributed by atoms with E-state index in [1.807, 2.05) is 59.4 Å². The summed E-state index contributed by atoms with van der Waals surface area (Å²) in [6, 6.07) is 34.5. The molecule has 0 amide bonds. The molecule has 0 radical (unpaired) electrons. The number of aromatic carboxylic acids is 1. The van der Waals surface area contributed by atoms with Gasteiger partial charge in [0.15, 0.2) is 23.3 Å². The highest BCUT2D eigenvalue weighted by atomic mass is 79.9. The summed E-state index contributed by atoms with van der Waals surface area (Å²) in [5.41, 5.74) is 5.22. The van der Waals surface area contributed by atoms with E-state index in [0.717, 1.165) is 56.0 Å². The SMILES string of the molecule is CCOC(=O)c1cccc(-n2c(C)ccc2-c2cc(Br)ccc2OCc2c(F)ccc(F)c2F)c1.Cc1ccc(-c2cc(Br)ccc2OCc2c(F)ccc(F)c2F)n1-c1cccc(C(=O)O)c1. The van der Waals surface area contributed by atoms with Gasteiger partial charge in [-0.25, -0.2) is 35.9 Å². The minimum atomic E-state index is -1.29. The summed E-state index contributed by atoms with van der Waals surface area (Å²) >= 11 is 6.89. The van der Waals surface area contributed by atoms with Gasteiger partial charge in [0.1, 0.15) is 36.3 Å². The first kappa shape index (κ1) is 48.9. The number of hydrogen-bond acceptors (Lipinski definition) is 5. The number of hydrogen-bond donors (Lipinski definition) is 1. The molecule has 348 valence electrons. The molecule has 8 rings (SSSR count). The van der Waals surface area contributed by atoms with Gasteiger partial charge in [-0.2, -0.15) is 0 Å². The molecule has 6 aromatic carbocycles. The van der Waals surface area contributed by atoms with Gasteiger partial charge >= 0.3 is 11.9 Å². The van der Waals surface area contributed by atoms with Gasteiger partial charge in [0.2, 0.25) is 0 Å². The van der Waals surface area contributed by atoms with E-state index in [2.05, 4.69) is 31.9 Å². The van der Waals surface area contributed by atoms with Crippen LogP contribution in [-0.4, -0.2) is 32.8 Å². The van der Waals surface area contributed by atoms with Crippen LogP contribution in [0.3, 0.4) is 0 Å². The molecule has 0 aliphatic carbocycles. The van der Waals surface area contributed by atoms with Crippen molar-refractivity contribution in [2.45, 2.75) is 34.0 Å². The first-order valence-electron chi connectivity index (χ1n) is 20.6. The smallest absolute Gasteiger partial charge is 0.338 e. The van der Waals surface area contributed by atoms with Crippen molar-refractivity contribution in [3.63, 3.8) is 0 Å². The van der Waals surface area contributed by atoms with Gasteiger partial charge in [-0.05, 0) is 142 Å². The van der Waals surface area contributed by atoms with Gasteiger partial charge in [-0.3, -0.25) is 0 Å². The molecule has 1 N–H and O–H groups in total. The number of esters is 1. The summed E-state index contributed by atoms with van der Waals surface area (Å²) in [6.07, 6.45) is 0. The molecule has 0 aliphatic rings. The van der Waals surface area contributed by atoms with Gasteiger partial charge in [-0.1, -0.05) is 44.0 Å². The standard InChI is InChI=1S/C27H21BrF3NO3.C25H17BrF3NO3/c1-3-34-27(33)17-5-4-6-19(13-17)32-16(2)7-11-24(32)20-14-18(28)8-12-25(20)35-15-21-22(29)9-10-23(30)26(21)31;1-14-5-9-22(30(14)17-4-2-3-15(11-17)25(31)32)18-12-16(26)6-10-23(18)33-13-19-20(27)7-8-21(28)24(19)29/h4-14H,3,15H2,1-2H3;2-12H,13H2,1H3,(H,31,32). The molecule has 0 saturated carbocycles. The Labute approximate surface area is 403 Å². The van der Waals surface area contributed by atoms with Crippen molar-refractivity contribution >= 4 is 43.8 Å². The quantitative estimate of drug-likeness (QED) is 0.0703. The van der Waals surface area contributed by atoms with Crippen molar-refractivity contribution in [3.8, 4) is 45.4 Å². The summed E-state index contributed by atoms with van der Waals surface area (Å²) in [4.78, 5) is 23.7. The lowest BCUT2D eigenvalue weighted by Crippen LogP contribution is -2.07. The highest BCUT2D eigenvalue weighted by molar-refractivity contribution is 9.10. The van der Waals surface area contributed by atoms with E-state index in [-0.39, 0.29) is 12.2 Å². The lowest BCUT2D eigenvalue weighted by Gasteiger charge is -2.17. The van der Waals surface area contributed by atoms with E-state index in [1.54, 1.807) is 73.7 Å². The number of rotatable bonds is 13. The molecule has 0 fully saturated rings. The van der Waals surface area contributed by atoms with E-state index in [0.29, 0.717) is 39.6 Å². The van der Waals surface area contributed by atoms with E-state index in [1.165, 1.54) is 6.07 Å². The molecule has 8 aromatic rings. The molecule has 2 aromatic heterocycles. The molecular weight excluding hydrogens is 1020 g/mol. The first-order valence-corrected chi connectivity index (χ1v) is 22.2. The highest BCUT2D eigenvalue weighted by Gasteiger charge is 2.21. The van der Waals surface area contributed by atoms with E-state index >= 15 is 0 Å². The molecule has 0 bridgehead atoms. The van der Waals surface area contributed by atoms with Crippen LogP contribution in [0, 0.1) is 48.8 Å². The monoisotopic (exact) mass is 1060 g/mol. The van der Waals surface area contributed by atoms with Gasteiger partial charge in [0.25, 0.3) is 0 Å². The van der Waals surface area contributed by atoms with Crippen LogP contribution in [0.4, 0.5) is 26.3 Å². The maximum Gasteiger partial charge on any atom is 0.338 e. The Bertz CT molecular complexity index is 3190. The van der Waals surface area contributed by atoms with Crippen molar-refractivity contribution in [1.82, 2.24) is 9.13 Å². The Morgan fingerprint density at radius 3 is 1.41 bits per heavy atom. The van der Waals surface area contributed by atoms with Crippen molar-refractivity contribution in [2.75, 3.05) is 6.61 Å². The van der Waals surface area contributed by atoms with E-state index in [4.69, 9.17) is 14.2 Å². The van der Waals surface area contributed by atoms with Crippen LogP contribution < -0.4 is 9.47 Å². The third-order valence-electron chi connectivity index (χ3n) is 10.6. The Hall–Kier alpha value is -7.04. The zero-order valence-corrected chi connectivity index (χ0v) is 39.4. The number of ether oxygens (including phenoxy) is 3. The number of halogens is 8. The Kier molecular flexibility index (Phi) is 15.3. The van der Waals surface area contributed by atoms with E-state index in [9.17, 15) is 41.0 Å². The zero-order chi connectivity index (χ0) is 48.8. The van der Waals surface area contributed by atoms with Crippen LogP contribution >= 0.6 is 31.9 Å². The topological polar surface area (TPSA) is 91.9 Å². The van der Waals surface area contributed by atoms with Crippen LogP contribution in [0.2, 0.25) is 0 Å². The summed E-state index contributed by atoms with van der Waals surface area (Å²) in [5.74, 6) is -7.49. The third kappa shape index (κ3) is 10.7. The van der Waals surface area contributed by atoms with Crippen molar-refractivity contribution in [1.29, 1.82) is 0 Å². The molecule has 8 nitrogen and oxygen atoms in total. The lowest BCUT2D eigenvalue weighted by molar-refractivity contribution is 0.0525. The maximum atomic E-state index is 14.2. The number of carbonyl (C=O) groups excluding carboxylic acids is 1. The molecule has 0 saturated heterocycles. The average Bonchev–Trinajstić information content (AvgIpc) is 3.91. The zero-order valence-electron chi connectivity index (χ0n) is 36.2. The Morgan fingerprint density at radius 2 is 0.971 bits per heavy atom. The maximum absolute atomic E-state index is 14.2. The number of nitrogens with zero attached hydrogens (tertiary/aromatic N) is 2. The largest absolute Gasteiger partial charge is 0.488 e. The van der Waals surface area contributed by atoms with Crippen molar-refractivity contribution in [3.05, 3.63) is 211 Å². The van der Waals surface area contributed by atoms with Crippen LogP contribution in [0.15, 0.2) is 142 Å². The summed E-state index contributed by atoms with van der Waals surface area (Å²) in [7, 11) is 0. The van der Waals surface area contributed by atoms with Crippen LogP contribution in [0.5, 0.6) is 11.5 Å². The van der Waals surface area contributed by atoms with Gasteiger partial charge < -0.3 is 28.5 Å². The fraction of sp³-hybridized carbons (Fsp3) is 0.115. The Balaban J connectivity index is 0.000000202. The molecular formula is C52H38Br2F6N2O6. The fourth-order valence-electron chi connectivity index (χ4n) is 7.31. The highest BCUT2D eigenvalue weighted by Crippen LogP contribution is 2.38. The minimum Gasteiger partial charge on any atom is -0.488 e. The van der Waals surface area contributed by atoms with E-state index < -0.39 is 71.2 Å². The number of carboxylic acids is 1. The normalized spacial score (nSPS) is 10.9. The summed E-state index contributed by atoms with van der Waals surface area (Å²) in [5, 5.41) is 9.36. The number of carbonyl (C=O) groups is 2. The van der Waals surface area contributed by atoms with Crippen molar-refractivity contribution in [2.24, 2.45) is 0 Å². The minimum absolute atomic E-state index is 0.134. The summed E-state index contributed by atoms with van der Waals surface area (Å²) < 4.78 is 106. The number of aryl methyl sites for hydroxylation is 2. The van der Waals surface area contributed by atoms with Crippen molar-refractivity contribution < 1.29 is 55.2 Å². The number of aromatic nitrogens is 2. The number of carboxylic acid groups (broad SMARTS) is 1. The molecule has 0 unspecified atom stereocenters. The average molecular weight is 1060 g/mol. The van der Waals surface area contributed by atoms with Crippen LogP contribution in [0.1, 0.15) is 50.2 Å². The van der Waals surface area contributed by atoms with Gasteiger partial charge in [0.05, 0.1) is 40.2 Å².